The van der Waals surface area contributed by atoms with Crippen molar-refractivity contribution in [3.05, 3.63) is 11.5 Å². The fourth-order valence-corrected chi connectivity index (χ4v) is 0.976. The maximum absolute atomic E-state index is 5.55. The van der Waals surface area contributed by atoms with Gasteiger partial charge in [-0.2, -0.15) is 0 Å². The first-order chi connectivity index (χ1) is 5.65. The van der Waals surface area contributed by atoms with Gasteiger partial charge in [0.1, 0.15) is 11.4 Å². The topological polar surface area (TPSA) is 64.4 Å². The van der Waals surface area contributed by atoms with Crippen molar-refractivity contribution in [2.45, 2.75) is 13.8 Å². The van der Waals surface area contributed by atoms with Gasteiger partial charge in [0.15, 0.2) is 10.9 Å². The van der Waals surface area contributed by atoms with Crippen molar-refractivity contribution in [3.63, 3.8) is 0 Å². The van der Waals surface area contributed by atoms with Gasteiger partial charge in [0.2, 0.25) is 0 Å². The first-order valence-electron chi connectivity index (χ1n) is 3.46. The number of aromatic nitrogens is 1. The number of thioether (sulfide) groups is 1. The molecule has 0 amide bonds. The Hall–Kier alpha value is -0.970. The largest absolute Gasteiger partial charge is 0.378 e. The highest BCUT2D eigenvalue weighted by molar-refractivity contribution is 8.13. The number of hydrogen-bond donors (Lipinski definition) is 1. The maximum Gasteiger partial charge on any atom is 0.159 e. The van der Waals surface area contributed by atoms with E-state index in [1.54, 1.807) is 0 Å². The van der Waals surface area contributed by atoms with E-state index in [1.807, 2.05) is 20.1 Å². The zero-order chi connectivity index (χ0) is 9.14. The summed E-state index contributed by atoms with van der Waals surface area (Å²) in [6.45, 7) is 3.65. The van der Waals surface area contributed by atoms with Gasteiger partial charge < -0.3 is 10.3 Å². The number of aliphatic imine (C=N–C) groups is 1. The summed E-state index contributed by atoms with van der Waals surface area (Å²) in [5.74, 6) is 0.699. The predicted molar refractivity (Wildman–Crippen MR) is 50.8 cm³/mol. The zero-order valence-corrected chi connectivity index (χ0v) is 8.10. The van der Waals surface area contributed by atoms with Crippen molar-refractivity contribution in [3.8, 4) is 0 Å². The van der Waals surface area contributed by atoms with E-state index in [2.05, 4.69) is 10.1 Å². The molecule has 2 N–H and O–H groups in total. The molecule has 0 aromatic carbocycles. The molecule has 0 fully saturated rings. The van der Waals surface area contributed by atoms with Gasteiger partial charge in [-0.15, -0.1) is 0 Å². The van der Waals surface area contributed by atoms with Crippen LogP contribution in [-0.4, -0.2) is 16.6 Å². The van der Waals surface area contributed by atoms with E-state index in [-0.39, 0.29) is 0 Å². The highest BCUT2D eigenvalue weighted by atomic mass is 32.2. The van der Waals surface area contributed by atoms with E-state index in [9.17, 15) is 0 Å². The molecule has 0 aliphatic carbocycles. The summed E-state index contributed by atoms with van der Waals surface area (Å²) in [5.41, 5.74) is 7.05. The predicted octanol–water partition coefficient (Wildman–Crippen LogP) is 1.60. The smallest absolute Gasteiger partial charge is 0.159 e. The summed E-state index contributed by atoms with van der Waals surface area (Å²) in [7, 11) is 0. The number of aryl methyl sites for hydroxylation is 2. The van der Waals surface area contributed by atoms with Crippen molar-refractivity contribution in [2.75, 3.05) is 6.26 Å². The van der Waals surface area contributed by atoms with Gasteiger partial charge >= 0.3 is 0 Å². The molecule has 4 nitrogen and oxygen atoms in total. The second kappa shape index (κ2) is 3.62. The van der Waals surface area contributed by atoms with Gasteiger partial charge in [-0.05, 0) is 20.1 Å². The molecular weight excluding hydrogens is 174 g/mol. The van der Waals surface area contributed by atoms with E-state index in [0.29, 0.717) is 10.9 Å². The van der Waals surface area contributed by atoms with Crippen LogP contribution in [0.5, 0.6) is 0 Å². The van der Waals surface area contributed by atoms with Crippen LogP contribution in [-0.2, 0) is 0 Å². The summed E-state index contributed by atoms with van der Waals surface area (Å²) in [4.78, 5) is 4.14. The van der Waals surface area contributed by atoms with Gasteiger partial charge in [0.25, 0.3) is 0 Å². The Bertz CT molecular complexity index is 286. The van der Waals surface area contributed by atoms with Crippen LogP contribution in [0, 0.1) is 13.8 Å². The van der Waals surface area contributed by atoms with Crippen LogP contribution < -0.4 is 5.73 Å². The molecule has 0 bridgehead atoms. The van der Waals surface area contributed by atoms with Crippen LogP contribution in [0.2, 0.25) is 0 Å². The van der Waals surface area contributed by atoms with Gasteiger partial charge in [0.05, 0.1) is 0 Å². The Morgan fingerprint density at radius 2 is 2.25 bits per heavy atom. The maximum atomic E-state index is 5.55. The van der Waals surface area contributed by atoms with Gasteiger partial charge in [-0.3, -0.25) is 0 Å². The zero-order valence-electron chi connectivity index (χ0n) is 7.29. The van der Waals surface area contributed by atoms with Gasteiger partial charge in [-0.1, -0.05) is 16.9 Å². The molecule has 0 atom stereocenters. The quantitative estimate of drug-likeness (QED) is 0.533. The molecule has 12 heavy (non-hydrogen) atoms. The molecule has 0 radical (unpaired) electrons. The number of amidine groups is 1. The normalized spacial score (nSPS) is 12.1. The lowest BCUT2D eigenvalue weighted by Crippen LogP contribution is -2.04. The molecule has 0 saturated carbocycles. The fraction of sp³-hybridized carbons (Fsp3) is 0.429. The summed E-state index contributed by atoms with van der Waals surface area (Å²) in [5, 5.41) is 4.27. The Morgan fingerprint density at radius 1 is 1.58 bits per heavy atom. The molecule has 0 saturated heterocycles. The monoisotopic (exact) mass is 185 g/mol. The van der Waals surface area contributed by atoms with E-state index in [1.165, 1.54) is 11.8 Å². The molecule has 1 heterocycles. The third kappa shape index (κ3) is 1.79. The van der Waals surface area contributed by atoms with E-state index in [0.717, 1.165) is 11.4 Å². The standard InChI is InChI=1S/C7H11N3OS/c1-4-6(5(2)11-10-4)9-7(8)12-3/h1-3H3,(H2,8,9). The minimum atomic E-state index is 0.518. The lowest BCUT2D eigenvalue weighted by molar-refractivity contribution is 0.393. The summed E-state index contributed by atoms with van der Waals surface area (Å²) in [6, 6.07) is 0. The molecule has 0 spiro atoms. The molecular formula is C7H11N3OS. The Kier molecular flexibility index (Phi) is 2.75. The van der Waals surface area contributed by atoms with Crippen LogP contribution in [0.25, 0.3) is 0 Å². The van der Waals surface area contributed by atoms with E-state index in [4.69, 9.17) is 10.3 Å². The van der Waals surface area contributed by atoms with Crippen LogP contribution in [0.15, 0.2) is 9.52 Å². The van der Waals surface area contributed by atoms with Crippen LogP contribution >= 0.6 is 11.8 Å². The van der Waals surface area contributed by atoms with Crippen molar-refractivity contribution in [1.82, 2.24) is 5.16 Å². The fourth-order valence-electron chi connectivity index (χ4n) is 0.794. The van der Waals surface area contributed by atoms with E-state index >= 15 is 0 Å². The number of hydrogen-bond acceptors (Lipinski definition) is 4. The van der Waals surface area contributed by atoms with Crippen molar-refractivity contribution >= 4 is 22.6 Å². The van der Waals surface area contributed by atoms with Crippen molar-refractivity contribution in [2.24, 2.45) is 10.7 Å². The van der Waals surface area contributed by atoms with Crippen molar-refractivity contribution < 1.29 is 4.52 Å². The van der Waals surface area contributed by atoms with Gasteiger partial charge in [0, 0.05) is 0 Å². The summed E-state index contributed by atoms with van der Waals surface area (Å²) in [6.07, 6.45) is 1.87. The molecule has 66 valence electrons. The second-order valence-electron chi connectivity index (χ2n) is 2.33. The van der Waals surface area contributed by atoms with Gasteiger partial charge in [-0.25, -0.2) is 4.99 Å². The number of rotatable bonds is 1. The number of nitrogens with zero attached hydrogens (tertiary/aromatic N) is 2. The highest BCUT2D eigenvalue weighted by Crippen LogP contribution is 2.22. The minimum absolute atomic E-state index is 0.518. The average molecular weight is 185 g/mol. The Morgan fingerprint density at radius 3 is 2.67 bits per heavy atom. The lowest BCUT2D eigenvalue weighted by atomic mass is 10.3. The molecule has 0 aliphatic heterocycles. The van der Waals surface area contributed by atoms with Crippen LogP contribution in [0.3, 0.4) is 0 Å². The molecule has 1 rings (SSSR count). The second-order valence-corrected chi connectivity index (χ2v) is 3.15. The lowest BCUT2D eigenvalue weighted by Gasteiger charge is -1.93. The third-order valence-electron chi connectivity index (χ3n) is 1.43. The molecule has 0 aliphatic rings. The van der Waals surface area contributed by atoms with Crippen LogP contribution in [0.1, 0.15) is 11.5 Å². The minimum Gasteiger partial charge on any atom is -0.378 e. The summed E-state index contributed by atoms with van der Waals surface area (Å²) >= 11 is 1.40. The summed E-state index contributed by atoms with van der Waals surface area (Å²) < 4.78 is 4.92. The first-order valence-corrected chi connectivity index (χ1v) is 4.68. The van der Waals surface area contributed by atoms with E-state index < -0.39 is 0 Å². The molecule has 1 aromatic rings. The SMILES string of the molecule is CSC(N)=Nc1c(C)noc1C. The average Bonchev–Trinajstić information content (AvgIpc) is 2.35. The molecule has 5 heteroatoms. The molecule has 0 unspecified atom stereocenters. The highest BCUT2D eigenvalue weighted by Gasteiger charge is 2.07. The first kappa shape index (κ1) is 9.12. The Balaban J connectivity index is 3.02. The Labute approximate surface area is 75.2 Å². The third-order valence-corrected chi connectivity index (χ3v) is 1.94. The molecule has 1 aromatic heterocycles. The number of nitrogens with two attached hydrogens (primary N) is 1. The van der Waals surface area contributed by atoms with Crippen LogP contribution in [0.4, 0.5) is 5.69 Å². The van der Waals surface area contributed by atoms with Crippen molar-refractivity contribution in [1.29, 1.82) is 0 Å².